The number of aromatic nitrogens is 6. The van der Waals surface area contributed by atoms with E-state index in [2.05, 4.69) is 35.8 Å². The molecule has 0 aliphatic rings. The number of nitrogens with zero attached hydrogens (tertiary/aromatic N) is 5. The molecule has 12 heteroatoms. The van der Waals surface area contributed by atoms with Gasteiger partial charge in [-0.15, -0.1) is 0 Å². The fraction of sp³-hybridized carbons (Fsp3) is 0.242. The highest BCUT2D eigenvalue weighted by molar-refractivity contribution is 5.98. The summed E-state index contributed by atoms with van der Waals surface area (Å²) in [7, 11) is 3.96. The molecule has 0 atom stereocenters. The van der Waals surface area contributed by atoms with Gasteiger partial charge in [-0.2, -0.15) is 5.10 Å². The summed E-state index contributed by atoms with van der Waals surface area (Å²) < 4.78 is 30.9. The van der Waals surface area contributed by atoms with Gasteiger partial charge in [-0.3, -0.25) is 19.9 Å². The van der Waals surface area contributed by atoms with Gasteiger partial charge in [-0.1, -0.05) is 25.5 Å². The number of H-pyrrole nitrogens is 2. The maximum absolute atomic E-state index is 16.2. The van der Waals surface area contributed by atoms with Gasteiger partial charge in [0, 0.05) is 42.5 Å². The van der Waals surface area contributed by atoms with Crippen LogP contribution in [-0.2, 0) is 4.79 Å². The molecule has 0 spiro atoms. The zero-order valence-corrected chi connectivity index (χ0v) is 25.2. The molecule has 0 aliphatic heterocycles. The SMILES string of the molecule is CCCCC(=O)Nc1cncc(-c2ncc3[nH]nc(-c4nc5c(-c6cc(F)cc(NCCN(C)C)c6)cccc5[nH]4)c3c2F)c1. The lowest BCUT2D eigenvalue weighted by Gasteiger charge is -2.13. The van der Waals surface area contributed by atoms with E-state index in [1.807, 2.05) is 50.2 Å². The number of unbranched alkanes of at least 4 members (excludes halogenated alkanes) is 1. The molecule has 0 fully saturated rings. The molecule has 6 rings (SSSR count). The average Bonchev–Trinajstić information content (AvgIpc) is 3.65. The number of halogens is 2. The van der Waals surface area contributed by atoms with Crippen LogP contribution in [0.4, 0.5) is 20.2 Å². The largest absolute Gasteiger partial charge is 0.384 e. The lowest BCUT2D eigenvalue weighted by atomic mass is 10.0. The summed E-state index contributed by atoms with van der Waals surface area (Å²) in [6, 6.07) is 12.0. The van der Waals surface area contributed by atoms with Crippen LogP contribution in [0.3, 0.4) is 0 Å². The Morgan fingerprint density at radius 3 is 2.64 bits per heavy atom. The zero-order valence-electron chi connectivity index (χ0n) is 25.2. The first-order valence-electron chi connectivity index (χ1n) is 14.8. The van der Waals surface area contributed by atoms with Gasteiger partial charge in [0.25, 0.3) is 0 Å². The molecule has 4 aromatic heterocycles. The molecular weight excluding hydrogens is 576 g/mol. The van der Waals surface area contributed by atoms with Gasteiger partial charge in [-0.25, -0.2) is 13.8 Å². The van der Waals surface area contributed by atoms with Gasteiger partial charge in [0.05, 0.1) is 40.0 Å². The third-order valence-corrected chi connectivity index (χ3v) is 7.43. The second-order valence-corrected chi connectivity index (χ2v) is 11.1. The van der Waals surface area contributed by atoms with E-state index in [1.165, 1.54) is 30.7 Å². The van der Waals surface area contributed by atoms with Crippen LogP contribution in [0.2, 0.25) is 0 Å². The maximum atomic E-state index is 16.2. The Morgan fingerprint density at radius 1 is 0.978 bits per heavy atom. The molecule has 0 unspecified atom stereocenters. The summed E-state index contributed by atoms with van der Waals surface area (Å²) in [5.41, 5.74) is 4.92. The first-order valence-corrected chi connectivity index (χ1v) is 14.8. The number of hydrogen-bond donors (Lipinski definition) is 4. The van der Waals surface area contributed by atoms with Gasteiger partial charge in [0.1, 0.15) is 17.2 Å². The van der Waals surface area contributed by atoms with E-state index in [9.17, 15) is 9.18 Å². The van der Waals surface area contributed by atoms with Crippen LogP contribution in [0.15, 0.2) is 61.1 Å². The summed E-state index contributed by atoms with van der Waals surface area (Å²) in [5.74, 6) is -0.759. The number of fused-ring (bicyclic) bond motifs is 2. The lowest BCUT2D eigenvalue weighted by molar-refractivity contribution is -0.116. The molecule has 45 heavy (non-hydrogen) atoms. The van der Waals surface area contributed by atoms with Crippen molar-refractivity contribution in [3.8, 4) is 33.9 Å². The quantitative estimate of drug-likeness (QED) is 0.130. The highest BCUT2D eigenvalue weighted by atomic mass is 19.1. The second-order valence-electron chi connectivity index (χ2n) is 11.1. The number of likely N-dealkylation sites (N-methyl/N-ethyl adjacent to an activating group) is 1. The van der Waals surface area contributed by atoms with E-state index in [4.69, 9.17) is 4.98 Å². The Hall–Kier alpha value is -5.23. The van der Waals surface area contributed by atoms with Crippen molar-refractivity contribution in [2.24, 2.45) is 0 Å². The van der Waals surface area contributed by atoms with Crippen molar-refractivity contribution >= 4 is 39.2 Å². The number of carbonyl (C=O) groups excluding carboxylic acids is 1. The van der Waals surface area contributed by atoms with Gasteiger partial charge in [0.2, 0.25) is 5.91 Å². The fourth-order valence-corrected chi connectivity index (χ4v) is 5.19. The van der Waals surface area contributed by atoms with Crippen molar-refractivity contribution in [2.45, 2.75) is 26.2 Å². The van der Waals surface area contributed by atoms with Crippen molar-refractivity contribution in [3.05, 3.63) is 72.7 Å². The summed E-state index contributed by atoms with van der Waals surface area (Å²) in [4.78, 5) is 30.9. The molecule has 4 heterocycles. The highest BCUT2D eigenvalue weighted by Crippen LogP contribution is 2.35. The summed E-state index contributed by atoms with van der Waals surface area (Å²) in [6.07, 6.45) is 6.58. The van der Waals surface area contributed by atoms with Crippen LogP contribution in [0.1, 0.15) is 26.2 Å². The number of rotatable bonds is 11. The minimum absolute atomic E-state index is 0.0631. The number of para-hydroxylation sites is 1. The number of anilines is 2. The highest BCUT2D eigenvalue weighted by Gasteiger charge is 2.22. The normalized spacial score (nSPS) is 11.5. The first kappa shape index (κ1) is 29.8. The molecule has 6 aromatic rings. The van der Waals surface area contributed by atoms with Crippen LogP contribution in [0.5, 0.6) is 0 Å². The zero-order chi connectivity index (χ0) is 31.5. The molecule has 4 N–H and O–H groups in total. The van der Waals surface area contributed by atoms with Gasteiger partial charge in [-0.05, 0) is 56.4 Å². The minimum atomic E-state index is -0.605. The van der Waals surface area contributed by atoms with E-state index >= 15 is 4.39 Å². The van der Waals surface area contributed by atoms with Crippen molar-refractivity contribution in [1.29, 1.82) is 0 Å². The van der Waals surface area contributed by atoms with E-state index in [-0.39, 0.29) is 28.5 Å². The molecular formula is C33H33F2N9O. The predicted molar refractivity (Wildman–Crippen MR) is 173 cm³/mol. The molecule has 0 bridgehead atoms. The summed E-state index contributed by atoms with van der Waals surface area (Å²) in [6.45, 7) is 3.48. The Bertz CT molecular complexity index is 2000. The Balaban J connectivity index is 1.36. The molecule has 1 amide bonds. The Morgan fingerprint density at radius 2 is 1.82 bits per heavy atom. The number of benzene rings is 2. The number of pyridine rings is 2. The lowest BCUT2D eigenvalue weighted by Crippen LogP contribution is -2.20. The van der Waals surface area contributed by atoms with Gasteiger partial charge in [0.15, 0.2) is 11.6 Å². The van der Waals surface area contributed by atoms with Crippen LogP contribution in [0.25, 0.3) is 55.8 Å². The fourth-order valence-electron chi connectivity index (χ4n) is 5.19. The standard InChI is InChI=1S/C33H33F2N9O/c1-4-5-9-27(45)39-23-14-20(16-36-17-23)30-29(35)28-26(18-38-30)42-43-32(28)33-40-25-8-6-7-24(31(25)41-33)19-12-21(34)15-22(13-19)37-10-11-44(2)3/h6-8,12-18,37H,4-5,9-11H2,1-3H3,(H,39,45)(H,40,41)(H,42,43). The first-order chi connectivity index (χ1) is 21.8. The van der Waals surface area contributed by atoms with Crippen LogP contribution in [-0.4, -0.2) is 68.1 Å². The topological polar surface area (TPSA) is 128 Å². The van der Waals surface area contributed by atoms with Crippen molar-refractivity contribution in [1.82, 2.24) is 35.0 Å². The molecule has 2 aromatic carbocycles. The van der Waals surface area contributed by atoms with Gasteiger partial charge < -0.3 is 20.5 Å². The Kier molecular flexibility index (Phi) is 8.47. The van der Waals surface area contributed by atoms with E-state index in [0.717, 1.165) is 24.9 Å². The summed E-state index contributed by atoms with van der Waals surface area (Å²) >= 11 is 0. The number of nitrogens with one attached hydrogen (secondary N) is 4. The maximum Gasteiger partial charge on any atom is 0.224 e. The van der Waals surface area contributed by atoms with Crippen molar-refractivity contribution in [3.63, 3.8) is 0 Å². The minimum Gasteiger partial charge on any atom is -0.384 e. The molecule has 0 aliphatic carbocycles. The van der Waals surface area contributed by atoms with Crippen molar-refractivity contribution < 1.29 is 13.6 Å². The van der Waals surface area contributed by atoms with Crippen LogP contribution >= 0.6 is 0 Å². The number of amides is 1. The van der Waals surface area contributed by atoms with Crippen LogP contribution in [0, 0.1) is 11.6 Å². The van der Waals surface area contributed by atoms with E-state index in [1.54, 1.807) is 6.07 Å². The number of hydrogen-bond acceptors (Lipinski definition) is 7. The third kappa shape index (κ3) is 6.36. The molecule has 10 nitrogen and oxygen atoms in total. The molecule has 0 saturated carbocycles. The summed E-state index contributed by atoms with van der Waals surface area (Å²) in [5, 5.41) is 13.5. The molecule has 230 valence electrons. The van der Waals surface area contributed by atoms with E-state index in [0.29, 0.717) is 57.8 Å². The third-order valence-electron chi connectivity index (χ3n) is 7.43. The second kappa shape index (κ2) is 12.8. The van der Waals surface area contributed by atoms with E-state index < -0.39 is 5.82 Å². The Labute approximate surface area is 258 Å². The van der Waals surface area contributed by atoms with Crippen LogP contribution < -0.4 is 10.6 Å². The monoisotopic (exact) mass is 609 g/mol. The number of aromatic amines is 2. The predicted octanol–water partition coefficient (Wildman–Crippen LogP) is 6.61. The molecule has 0 radical (unpaired) electrons. The van der Waals surface area contributed by atoms with Crippen molar-refractivity contribution in [2.75, 3.05) is 37.8 Å². The smallest absolute Gasteiger partial charge is 0.224 e. The number of imidazole rings is 1. The van der Waals surface area contributed by atoms with Gasteiger partial charge >= 0.3 is 0 Å². The average molecular weight is 610 g/mol. The number of carbonyl (C=O) groups is 1. The molecule has 0 saturated heterocycles.